The van der Waals surface area contributed by atoms with Crippen LogP contribution >= 0.6 is 23.2 Å². The van der Waals surface area contributed by atoms with E-state index in [9.17, 15) is 13.2 Å². The van der Waals surface area contributed by atoms with Crippen LogP contribution in [-0.2, 0) is 0 Å². The Morgan fingerprint density at radius 2 is 0.941 bits per heavy atom. The molecule has 0 spiro atoms. The van der Waals surface area contributed by atoms with Gasteiger partial charge >= 0.3 is 0 Å². The Morgan fingerprint density at radius 1 is 0.647 bits per heavy atom. The number of halogens is 5. The van der Waals surface area contributed by atoms with Crippen molar-refractivity contribution >= 4 is 23.2 Å². The van der Waals surface area contributed by atoms with Crippen molar-refractivity contribution in [1.82, 2.24) is 0 Å². The highest BCUT2D eigenvalue weighted by Crippen LogP contribution is 2.19. The van der Waals surface area contributed by atoms with Crippen LogP contribution < -0.4 is 0 Å². The van der Waals surface area contributed by atoms with Gasteiger partial charge in [0.05, 0.1) is 10.0 Å². The van der Waals surface area contributed by atoms with Gasteiger partial charge in [-0.2, -0.15) is 0 Å². The van der Waals surface area contributed by atoms with Gasteiger partial charge in [0.1, 0.15) is 17.5 Å². The second-order valence-electron chi connectivity index (χ2n) is 3.00. The molecule has 2 rings (SSSR count). The van der Waals surface area contributed by atoms with Crippen LogP contribution in [0.4, 0.5) is 13.2 Å². The Bertz CT molecular complexity index is 429. The Balaban J connectivity index is 0.000000171. The summed E-state index contributed by atoms with van der Waals surface area (Å²) in [5.74, 6) is -2.69. The molecule has 0 fully saturated rings. The lowest BCUT2D eigenvalue weighted by atomic mass is 10.3. The molecule has 0 unspecified atom stereocenters. The largest absolute Gasteiger partial charge is 0.207 e. The first-order valence-corrected chi connectivity index (χ1v) is 5.26. The van der Waals surface area contributed by atoms with Crippen LogP contribution in [0.25, 0.3) is 0 Å². The van der Waals surface area contributed by atoms with Gasteiger partial charge in [-0.3, -0.25) is 0 Å². The summed E-state index contributed by atoms with van der Waals surface area (Å²) in [5, 5.41) is 1.21. The van der Waals surface area contributed by atoms with Crippen LogP contribution in [0.3, 0.4) is 0 Å². The van der Waals surface area contributed by atoms with Gasteiger partial charge in [0.2, 0.25) is 0 Å². The van der Waals surface area contributed by atoms with E-state index in [0.717, 1.165) is 0 Å². The van der Waals surface area contributed by atoms with Crippen molar-refractivity contribution < 1.29 is 13.2 Å². The van der Waals surface area contributed by atoms with Crippen LogP contribution in [0.1, 0.15) is 0 Å². The minimum absolute atomic E-state index is 0.606. The molecule has 2 aromatic rings. The first-order valence-electron chi connectivity index (χ1n) is 4.50. The Labute approximate surface area is 107 Å². The van der Waals surface area contributed by atoms with Gasteiger partial charge in [-0.25, -0.2) is 13.2 Å². The van der Waals surface area contributed by atoms with Crippen LogP contribution in [-0.4, -0.2) is 0 Å². The average molecular weight is 279 g/mol. The molecule has 0 N–H and O–H groups in total. The monoisotopic (exact) mass is 278 g/mol. The summed E-state index contributed by atoms with van der Waals surface area (Å²) in [7, 11) is 0. The van der Waals surface area contributed by atoms with Crippen molar-refractivity contribution in [1.29, 1.82) is 0 Å². The second-order valence-corrected chi connectivity index (χ2v) is 3.82. The van der Waals surface area contributed by atoms with Gasteiger partial charge in [0.15, 0.2) is 0 Å². The molecular formula is C12H7Cl2F3. The Hall–Kier alpha value is -1.19. The summed E-state index contributed by atoms with van der Waals surface area (Å²) in [4.78, 5) is 0. The molecule has 17 heavy (non-hydrogen) atoms. The molecule has 2 aromatic carbocycles. The highest BCUT2D eigenvalue weighted by Gasteiger charge is 1.96. The minimum atomic E-state index is -0.896. The van der Waals surface area contributed by atoms with Gasteiger partial charge in [0.25, 0.3) is 0 Å². The van der Waals surface area contributed by atoms with Crippen LogP contribution in [0.15, 0.2) is 42.5 Å². The molecule has 0 atom stereocenters. The number of hydrogen-bond acceptors (Lipinski definition) is 0. The zero-order valence-electron chi connectivity index (χ0n) is 8.43. The number of benzene rings is 2. The first-order chi connectivity index (χ1) is 7.99. The van der Waals surface area contributed by atoms with Crippen molar-refractivity contribution in [2.45, 2.75) is 0 Å². The van der Waals surface area contributed by atoms with Crippen LogP contribution in [0, 0.1) is 17.5 Å². The van der Waals surface area contributed by atoms with E-state index in [-0.39, 0.29) is 0 Å². The Morgan fingerprint density at radius 3 is 1.18 bits per heavy atom. The van der Waals surface area contributed by atoms with Gasteiger partial charge in [-0.1, -0.05) is 35.3 Å². The van der Waals surface area contributed by atoms with E-state index in [1.165, 1.54) is 0 Å². The first kappa shape index (κ1) is 13.9. The van der Waals surface area contributed by atoms with Crippen molar-refractivity contribution in [3.05, 3.63) is 70.0 Å². The van der Waals surface area contributed by atoms with E-state index in [2.05, 4.69) is 0 Å². The van der Waals surface area contributed by atoms with Crippen molar-refractivity contribution in [2.24, 2.45) is 0 Å². The van der Waals surface area contributed by atoms with E-state index in [1.807, 2.05) is 12.1 Å². The maximum atomic E-state index is 11.9. The molecule has 5 heteroatoms. The molecule has 0 saturated carbocycles. The highest BCUT2D eigenvalue weighted by atomic mass is 35.5. The van der Waals surface area contributed by atoms with E-state index >= 15 is 0 Å². The third kappa shape index (κ3) is 5.11. The predicted octanol–water partition coefficient (Wildman–Crippen LogP) is 5.10. The normalized spacial score (nSPS) is 9.47. The minimum Gasteiger partial charge on any atom is -0.207 e. The summed E-state index contributed by atoms with van der Waals surface area (Å²) >= 11 is 11.2. The molecule has 0 aliphatic carbocycles. The zero-order chi connectivity index (χ0) is 12.8. The summed E-state index contributed by atoms with van der Waals surface area (Å²) in [6.45, 7) is 0. The summed E-state index contributed by atoms with van der Waals surface area (Å²) in [5.41, 5.74) is 0. The van der Waals surface area contributed by atoms with Gasteiger partial charge < -0.3 is 0 Å². The maximum Gasteiger partial charge on any atom is 0.129 e. The van der Waals surface area contributed by atoms with Crippen molar-refractivity contribution in [3.8, 4) is 0 Å². The molecule has 0 heterocycles. The van der Waals surface area contributed by atoms with Crippen molar-refractivity contribution in [3.63, 3.8) is 0 Å². The fraction of sp³-hybridized carbons (Fsp3) is 0. The summed E-state index contributed by atoms with van der Waals surface area (Å²) in [6.07, 6.45) is 0. The zero-order valence-corrected chi connectivity index (χ0v) is 9.94. The molecule has 0 aliphatic rings. The van der Waals surface area contributed by atoms with E-state index in [4.69, 9.17) is 23.2 Å². The fourth-order valence-corrected chi connectivity index (χ4v) is 1.23. The summed E-state index contributed by atoms with van der Waals surface area (Å²) < 4.78 is 35.8. The van der Waals surface area contributed by atoms with E-state index in [1.54, 1.807) is 12.1 Å². The lowest BCUT2D eigenvalue weighted by Crippen LogP contribution is -1.81. The number of hydrogen-bond donors (Lipinski definition) is 0. The van der Waals surface area contributed by atoms with E-state index in [0.29, 0.717) is 28.2 Å². The lowest BCUT2D eigenvalue weighted by molar-refractivity contribution is 0.543. The smallest absolute Gasteiger partial charge is 0.129 e. The molecular weight excluding hydrogens is 272 g/mol. The third-order valence-corrected chi connectivity index (χ3v) is 2.41. The molecule has 0 amide bonds. The molecule has 0 aliphatic heterocycles. The predicted molar refractivity (Wildman–Crippen MR) is 62.8 cm³/mol. The summed E-state index contributed by atoms with van der Waals surface area (Å²) in [6, 6.07) is 9.03. The molecule has 0 radical (unpaired) electrons. The standard InChI is InChI=1S/C6H4Cl2.C6H3F3/c7-5-3-1-2-4-6(5)8;7-4-1-5(8)3-6(9)2-4/h1-4H;1-3H. The molecule has 0 nitrogen and oxygen atoms in total. The molecule has 0 aromatic heterocycles. The molecule has 90 valence electrons. The SMILES string of the molecule is Clc1ccccc1Cl.Fc1cc(F)cc(F)c1. The third-order valence-electron chi connectivity index (χ3n) is 1.65. The number of rotatable bonds is 0. The molecule has 0 saturated heterocycles. The quantitative estimate of drug-likeness (QED) is 0.629. The molecule has 0 bridgehead atoms. The van der Waals surface area contributed by atoms with Gasteiger partial charge in [-0.05, 0) is 12.1 Å². The van der Waals surface area contributed by atoms with Crippen molar-refractivity contribution in [2.75, 3.05) is 0 Å². The average Bonchev–Trinajstić information content (AvgIpc) is 2.21. The maximum absolute atomic E-state index is 11.9. The second kappa shape index (κ2) is 6.52. The fourth-order valence-electron chi connectivity index (χ4n) is 0.959. The highest BCUT2D eigenvalue weighted by molar-refractivity contribution is 6.41. The van der Waals surface area contributed by atoms with Gasteiger partial charge in [-0.15, -0.1) is 0 Å². The Kier molecular flexibility index (Phi) is 5.32. The van der Waals surface area contributed by atoms with E-state index < -0.39 is 17.5 Å². The topological polar surface area (TPSA) is 0 Å². The lowest BCUT2D eigenvalue weighted by Gasteiger charge is -1.88. The van der Waals surface area contributed by atoms with Crippen LogP contribution in [0.2, 0.25) is 10.0 Å². The van der Waals surface area contributed by atoms with Gasteiger partial charge in [0, 0.05) is 18.2 Å². The van der Waals surface area contributed by atoms with Crippen LogP contribution in [0.5, 0.6) is 0 Å².